The van der Waals surface area contributed by atoms with E-state index in [2.05, 4.69) is 69.2 Å². The van der Waals surface area contributed by atoms with Crippen molar-refractivity contribution < 1.29 is 0 Å². The first-order valence-corrected chi connectivity index (χ1v) is 10.8. The number of rotatable bonds is 5. The molecule has 5 rings (SSSR count). The Balaban J connectivity index is 1.34. The number of aromatic nitrogens is 4. The van der Waals surface area contributed by atoms with Crippen molar-refractivity contribution >= 4 is 22.8 Å². The fourth-order valence-corrected chi connectivity index (χ4v) is 4.00. The molecule has 0 amide bonds. The van der Waals surface area contributed by atoms with Crippen molar-refractivity contribution in [3.05, 3.63) is 96.0 Å². The van der Waals surface area contributed by atoms with Crippen LogP contribution in [0.4, 0.5) is 11.5 Å². The van der Waals surface area contributed by atoms with Crippen LogP contribution in [-0.2, 0) is 0 Å². The molecule has 0 aliphatic rings. The molecule has 31 heavy (non-hydrogen) atoms. The number of nitrogens with one attached hydrogen (secondary N) is 1. The molecule has 1 N–H and O–H groups in total. The molecule has 0 fully saturated rings. The summed E-state index contributed by atoms with van der Waals surface area (Å²) in [4.78, 5) is 9.13. The van der Waals surface area contributed by atoms with Crippen LogP contribution in [0, 0.1) is 6.92 Å². The molecule has 2 aromatic carbocycles. The molecule has 0 saturated carbocycles. The molecule has 0 atom stereocenters. The van der Waals surface area contributed by atoms with Crippen LogP contribution in [-0.4, -0.2) is 20.2 Å². The van der Waals surface area contributed by atoms with Gasteiger partial charge >= 0.3 is 0 Å². The van der Waals surface area contributed by atoms with E-state index in [1.807, 2.05) is 42.5 Å². The van der Waals surface area contributed by atoms with Gasteiger partial charge in [0.2, 0.25) is 0 Å². The maximum Gasteiger partial charge on any atom is 0.153 e. The lowest BCUT2D eigenvalue weighted by Crippen LogP contribution is -1.96. The van der Waals surface area contributed by atoms with Crippen molar-refractivity contribution in [3.8, 4) is 33.2 Å². The van der Waals surface area contributed by atoms with Gasteiger partial charge in [-0.05, 0) is 43.3 Å². The first kappa shape index (κ1) is 19.1. The van der Waals surface area contributed by atoms with Crippen LogP contribution in [0.5, 0.6) is 0 Å². The summed E-state index contributed by atoms with van der Waals surface area (Å²) >= 11 is 1.59. The zero-order valence-corrected chi connectivity index (χ0v) is 17.7. The molecule has 150 valence electrons. The Kier molecular flexibility index (Phi) is 5.21. The second-order valence-corrected chi connectivity index (χ2v) is 7.99. The van der Waals surface area contributed by atoms with Gasteiger partial charge in [-0.25, -0.2) is 4.98 Å². The van der Waals surface area contributed by atoms with Gasteiger partial charge in [-0.2, -0.15) is 0 Å². The van der Waals surface area contributed by atoms with E-state index in [0.29, 0.717) is 5.82 Å². The Morgan fingerprint density at radius 3 is 2.42 bits per heavy atom. The lowest BCUT2D eigenvalue weighted by molar-refractivity contribution is 1.04. The van der Waals surface area contributed by atoms with Crippen molar-refractivity contribution in [3.63, 3.8) is 0 Å². The van der Waals surface area contributed by atoms with Crippen LogP contribution < -0.4 is 5.32 Å². The SMILES string of the molecule is Cc1ccc(-c2ccc(Nc3cccc(-c4csc(-c5ccccn5)n4)c3)nn2)cc1. The van der Waals surface area contributed by atoms with Crippen molar-refractivity contribution in [1.82, 2.24) is 20.2 Å². The maximum absolute atomic E-state index is 4.75. The molecular weight excluding hydrogens is 402 g/mol. The lowest BCUT2D eigenvalue weighted by Gasteiger charge is -2.07. The van der Waals surface area contributed by atoms with Gasteiger partial charge in [0.25, 0.3) is 0 Å². The van der Waals surface area contributed by atoms with E-state index >= 15 is 0 Å². The van der Waals surface area contributed by atoms with Gasteiger partial charge < -0.3 is 5.32 Å². The second kappa shape index (κ2) is 8.45. The second-order valence-electron chi connectivity index (χ2n) is 7.13. The lowest BCUT2D eigenvalue weighted by atomic mass is 10.1. The van der Waals surface area contributed by atoms with Crippen molar-refractivity contribution in [1.29, 1.82) is 0 Å². The number of anilines is 2. The van der Waals surface area contributed by atoms with Crippen molar-refractivity contribution in [2.24, 2.45) is 0 Å². The number of hydrogen-bond acceptors (Lipinski definition) is 6. The summed E-state index contributed by atoms with van der Waals surface area (Å²) in [5.41, 5.74) is 6.91. The molecule has 0 spiro atoms. The average Bonchev–Trinajstić information content (AvgIpc) is 3.32. The quantitative estimate of drug-likeness (QED) is 0.357. The van der Waals surface area contributed by atoms with Gasteiger partial charge in [-0.1, -0.05) is 48.0 Å². The molecular formula is C25H19N5S. The van der Waals surface area contributed by atoms with Crippen LogP contribution in [0.3, 0.4) is 0 Å². The van der Waals surface area contributed by atoms with Crippen LogP contribution in [0.15, 0.2) is 90.4 Å². The number of thiazole rings is 1. The number of nitrogens with zero attached hydrogens (tertiary/aromatic N) is 4. The largest absolute Gasteiger partial charge is 0.339 e. The highest BCUT2D eigenvalue weighted by Crippen LogP contribution is 2.29. The molecule has 3 heterocycles. The van der Waals surface area contributed by atoms with Gasteiger partial charge in [0.1, 0.15) is 5.01 Å². The predicted molar refractivity (Wildman–Crippen MR) is 126 cm³/mol. The fraction of sp³-hybridized carbons (Fsp3) is 0.0400. The molecule has 5 nitrogen and oxygen atoms in total. The van der Waals surface area contributed by atoms with E-state index in [4.69, 9.17) is 4.98 Å². The first-order chi connectivity index (χ1) is 15.2. The van der Waals surface area contributed by atoms with E-state index in [-0.39, 0.29) is 0 Å². The van der Waals surface area contributed by atoms with E-state index in [1.54, 1.807) is 17.5 Å². The third-order valence-corrected chi connectivity index (χ3v) is 5.70. The summed E-state index contributed by atoms with van der Waals surface area (Å²) in [5, 5.41) is 15.0. The minimum atomic E-state index is 0.695. The van der Waals surface area contributed by atoms with Gasteiger partial charge in [-0.3, -0.25) is 4.98 Å². The highest BCUT2D eigenvalue weighted by Gasteiger charge is 2.08. The van der Waals surface area contributed by atoms with Gasteiger partial charge in [0.15, 0.2) is 5.82 Å². The zero-order valence-electron chi connectivity index (χ0n) is 16.9. The summed E-state index contributed by atoms with van der Waals surface area (Å²) in [6, 6.07) is 26.2. The summed E-state index contributed by atoms with van der Waals surface area (Å²) in [7, 11) is 0. The van der Waals surface area contributed by atoms with Crippen molar-refractivity contribution in [2.75, 3.05) is 5.32 Å². The number of benzene rings is 2. The molecule has 5 aromatic rings. The smallest absolute Gasteiger partial charge is 0.153 e. The standard InChI is InChI=1S/C25H19N5S/c1-17-8-10-18(11-9-17)21-12-13-24(30-29-21)27-20-6-4-5-19(15-20)23-16-31-25(28-23)22-7-2-3-14-26-22/h2-16H,1H3,(H,27,30). The Morgan fingerprint density at radius 1 is 0.742 bits per heavy atom. The Hall–Kier alpha value is -3.90. The van der Waals surface area contributed by atoms with E-state index in [0.717, 1.165) is 38.9 Å². The van der Waals surface area contributed by atoms with Gasteiger partial charge in [0.05, 0.1) is 17.1 Å². The Bertz CT molecular complexity index is 1300. The highest BCUT2D eigenvalue weighted by atomic mass is 32.1. The normalized spacial score (nSPS) is 10.7. The number of hydrogen-bond donors (Lipinski definition) is 1. The highest BCUT2D eigenvalue weighted by molar-refractivity contribution is 7.13. The molecule has 0 unspecified atom stereocenters. The molecule has 0 aliphatic carbocycles. The molecule has 0 saturated heterocycles. The molecule has 3 aromatic heterocycles. The number of aryl methyl sites for hydroxylation is 1. The molecule has 0 radical (unpaired) electrons. The Morgan fingerprint density at radius 2 is 1.65 bits per heavy atom. The van der Waals surface area contributed by atoms with Crippen LogP contribution in [0.25, 0.3) is 33.2 Å². The third kappa shape index (κ3) is 4.34. The van der Waals surface area contributed by atoms with Crippen molar-refractivity contribution in [2.45, 2.75) is 6.92 Å². The Labute approximate surface area is 184 Å². The fourth-order valence-electron chi connectivity index (χ4n) is 3.19. The topological polar surface area (TPSA) is 63.6 Å². The minimum absolute atomic E-state index is 0.695. The van der Waals surface area contributed by atoms with Gasteiger partial charge in [-0.15, -0.1) is 21.5 Å². The van der Waals surface area contributed by atoms with E-state index in [1.165, 1.54) is 5.56 Å². The molecule has 6 heteroatoms. The molecule has 0 aliphatic heterocycles. The van der Waals surface area contributed by atoms with E-state index in [9.17, 15) is 0 Å². The maximum atomic E-state index is 4.75. The van der Waals surface area contributed by atoms with Crippen LogP contribution in [0.2, 0.25) is 0 Å². The third-order valence-electron chi connectivity index (χ3n) is 4.83. The number of pyridine rings is 1. The predicted octanol–water partition coefficient (Wildman–Crippen LogP) is 6.38. The first-order valence-electron chi connectivity index (χ1n) is 9.90. The van der Waals surface area contributed by atoms with Crippen LogP contribution in [0.1, 0.15) is 5.56 Å². The summed E-state index contributed by atoms with van der Waals surface area (Å²) in [6.07, 6.45) is 1.78. The minimum Gasteiger partial charge on any atom is -0.339 e. The summed E-state index contributed by atoms with van der Waals surface area (Å²) in [5.74, 6) is 0.695. The average molecular weight is 422 g/mol. The summed E-state index contributed by atoms with van der Waals surface area (Å²) in [6.45, 7) is 2.07. The van der Waals surface area contributed by atoms with E-state index < -0.39 is 0 Å². The van der Waals surface area contributed by atoms with Crippen LogP contribution >= 0.6 is 11.3 Å². The monoisotopic (exact) mass is 421 g/mol. The zero-order chi connectivity index (χ0) is 21.0. The summed E-state index contributed by atoms with van der Waals surface area (Å²) < 4.78 is 0. The van der Waals surface area contributed by atoms with Gasteiger partial charge in [0, 0.05) is 28.4 Å². The molecule has 0 bridgehead atoms.